The largest absolute Gasteiger partial charge is 0.385 e. The van der Waals surface area contributed by atoms with E-state index in [9.17, 15) is 0 Å². The number of fused-ring (bicyclic) bond motifs is 1. The zero-order valence-electron chi connectivity index (χ0n) is 10.1. The van der Waals surface area contributed by atoms with Crippen LogP contribution in [-0.4, -0.2) is 12.1 Å². The van der Waals surface area contributed by atoms with Crippen LogP contribution >= 0.6 is 15.9 Å². The highest BCUT2D eigenvalue weighted by Gasteiger charge is 2.25. The molecule has 0 aliphatic carbocycles. The Labute approximate surface area is 106 Å². The zero-order chi connectivity index (χ0) is 11.8. The maximum Gasteiger partial charge on any atom is 0.0400 e. The summed E-state index contributed by atoms with van der Waals surface area (Å²) in [6, 6.07) is 6.78. The highest BCUT2D eigenvalue weighted by Crippen LogP contribution is 2.36. The molecule has 1 aliphatic rings. The summed E-state index contributed by atoms with van der Waals surface area (Å²) in [5.41, 5.74) is 2.76. The van der Waals surface area contributed by atoms with Crippen molar-refractivity contribution in [1.82, 2.24) is 5.32 Å². The van der Waals surface area contributed by atoms with Gasteiger partial charge in [0.05, 0.1) is 0 Å². The lowest BCUT2D eigenvalue weighted by molar-refractivity contribution is 0.350. The molecule has 1 aliphatic heterocycles. The van der Waals surface area contributed by atoms with Gasteiger partial charge in [0.2, 0.25) is 0 Å². The minimum Gasteiger partial charge on any atom is -0.385 e. The Morgan fingerprint density at radius 2 is 2.12 bits per heavy atom. The summed E-state index contributed by atoms with van der Waals surface area (Å²) in [5.74, 6) is 0. The molecule has 0 saturated heterocycles. The van der Waals surface area contributed by atoms with Crippen LogP contribution in [0.3, 0.4) is 0 Å². The first-order chi connectivity index (χ1) is 7.47. The van der Waals surface area contributed by atoms with Crippen molar-refractivity contribution in [1.29, 1.82) is 0 Å². The van der Waals surface area contributed by atoms with Crippen molar-refractivity contribution < 1.29 is 0 Å². The van der Waals surface area contributed by atoms with Crippen LogP contribution in [0, 0.1) is 0 Å². The molecule has 0 amide bonds. The van der Waals surface area contributed by atoms with Gasteiger partial charge in [-0.1, -0.05) is 22.0 Å². The first-order valence-corrected chi connectivity index (χ1v) is 6.57. The summed E-state index contributed by atoms with van der Waals surface area (Å²) >= 11 is 3.65. The van der Waals surface area contributed by atoms with E-state index in [2.05, 4.69) is 65.5 Å². The molecule has 1 atom stereocenters. The average Bonchev–Trinajstić information content (AvgIpc) is 2.15. The molecule has 16 heavy (non-hydrogen) atoms. The summed E-state index contributed by atoms with van der Waals surface area (Å²) in [6.07, 6.45) is 1.13. The van der Waals surface area contributed by atoms with Gasteiger partial charge in [0.1, 0.15) is 0 Å². The molecule has 0 bridgehead atoms. The molecular formula is C13H19BrN2. The van der Waals surface area contributed by atoms with Gasteiger partial charge < -0.3 is 10.6 Å². The summed E-state index contributed by atoms with van der Waals surface area (Å²) in [6.45, 7) is 7.68. The summed E-state index contributed by atoms with van der Waals surface area (Å²) in [4.78, 5) is 0. The van der Waals surface area contributed by atoms with Crippen molar-refractivity contribution in [3.05, 3.63) is 28.2 Å². The van der Waals surface area contributed by atoms with Crippen LogP contribution in [0.25, 0.3) is 0 Å². The van der Waals surface area contributed by atoms with Gasteiger partial charge in [0.25, 0.3) is 0 Å². The van der Waals surface area contributed by atoms with Crippen LogP contribution in [0.5, 0.6) is 0 Å². The highest BCUT2D eigenvalue weighted by molar-refractivity contribution is 9.10. The zero-order valence-corrected chi connectivity index (χ0v) is 11.7. The molecule has 2 rings (SSSR count). The Morgan fingerprint density at radius 3 is 2.81 bits per heavy atom. The fourth-order valence-corrected chi connectivity index (χ4v) is 2.85. The van der Waals surface area contributed by atoms with Crippen molar-refractivity contribution in [2.24, 2.45) is 0 Å². The lowest BCUT2D eigenvalue weighted by Gasteiger charge is -2.34. The van der Waals surface area contributed by atoms with Crippen LogP contribution in [0.4, 0.5) is 5.69 Å². The van der Waals surface area contributed by atoms with E-state index in [-0.39, 0.29) is 5.54 Å². The van der Waals surface area contributed by atoms with Crippen molar-refractivity contribution in [3.8, 4) is 0 Å². The third-order valence-corrected chi connectivity index (χ3v) is 3.45. The van der Waals surface area contributed by atoms with E-state index < -0.39 is 0 Å². The molecular weight excluding hydrogens is 264 g/mol. The van der Waals surface area contributed by atoms with Crippen LogP contribution in [0.2, 0.25) is 0 Å². The van der Waals surface area contributed by atoms with E-state index in [0.717, 1.165) is 13.0 Å². The molecule has 0 spiro atoms. The second-order valence-corrected chi connectivity index (χ2v) is 6.22. The number of hydrogen-bond donors (Lipinski definition) is 2. The molecule has 88 valence electrons. The van der Waals surface area contributed by atoms with Gasteiger partial charge in [-0.25, -0.2) is 0 Å². The standard InChI is InChI=1S/C13H19BrN2/c1-13(2,3)16-11-7-8-15-10-6-4-5-9(14)12(10)11/h4-6,11,15-16H,7-8H2,1-3H3. The monoisotopic (exact) mass is 282 g/mol. The Balaban J connectivity index is 2.32. The van der Waals surface area contributed by atoms with Crippen molar-refractivity contribution in [3.63, 3.8) is 0 Å². The number of rotatable bonds is 1. The molecule has 1 aromatic rings. The average molecular weight is 283 g/mol. The fourth-order valence-electron chi connectivity index (χ4n) is 2.21. The van der Waals surface area contributed by atoms with E-state index >= 15 is 0 Å². The minimum atomic E-state index is 0.147. The second-order valence-electron chi connectivity index (χ2n) is 5.36. The lowest BCUT2D eigenvalue weighted by Crippen LogP contribution is -2.41. The first kappa shape index (κ1) is 11.9. The molecule has 1 unspecified atom stereocenters. The third kappa shape index (κ3) is 2.58. The van der Waals surface area contributed by atoms with Gasteiger partial charge in [0, 0.05) is 33.8 Å². The Bertz CT molecular complexity index is 382. The van der Waals surface area contributed by atoms with E-state index in [1.54, 1.807) is 0 Å². The van der Waals surface area contributed by atoms with Crippen molar-refractivity contribution >= 4 is 21.6 Å². The number of anilines is 1. The molecule has 0 aromatic heterocycles. The van der Waals surface area contributed by atoms with Crippen LogP contribution in [0.1, 0.15) is 38.8 Å². The number of nitrogens with one attached hydrogen (secondary N) is 2. The van der Waals surface area contributed by atoms with E-state index in [1.165, 1.54) is 15.7 Å². The van der Waals surface area contributed by atoms with Gasteiger partial charge in [-0.2, -0.15) is 0 Å². The van der Waals surface area contributed by atoms with Gasteiger partial charge >= 0.3 is 0 Å². The summed E-state index contributed by atoms with van der Waals surface area (Å²) in [7, 11) is 0. The second kappa shape index (κ2) is 4.38. The quantitative estimate of drug-likeness (QED) is 0.821. The van der Waals surface area contributed by atoms with Gasteiger partial charge in [-0.3, -0.25) is 0 Å². The molecule has 1 heterocycles. The molecule has 0 saturated carbocycles. The van der Waals surface area contributed by atoms with Gasteiger partial charge in [-0.05, 0) is 39.3 Å². The van der Waals surface area contributed by atoms with Crippen LogP contribution in [-0.2, 0) is 0 Å². The van der Waals surface area contributed by atoms with Crippen LogP contribution < -0.4 is 10.6 Å². The maximum atomic E-state index is 3.69. The predicted octanol–water partition coefficient (Wildman–Crippen LogP) is 3.69. The number of benzene rings is 1. The summed E-state index contributed by atoms with van der Waals surface area (Å²) in [5, 5.41) is 7.13. The molecule has 2 nitrogen and oxygen atoms in total. The molecule has 2 N–H and O–H groups in total. The maximum absolute atomic E-state index is 3.69. The molecule has 0 fully saturated rings. The summed E-state index contributed by atoms with van der Waals surface area (Å²) < 4.78 is 1.19. The van der Waals surface area contributed by atoms with Crippen molar-refractivity contribution in [2.75, 3.05) is 11.9 Å². The van der Waals surface area contributed by atoms with Crippen LogP contribution in [0.15, 0.2) is 22.7 Å². The van der Waals surface area contributed by atoms with E-state index in [0.29, 0.717) is 6.04 Å². The molecule has 3 heteroatoms. The first-order valence-electron chi connectivity index (χ1n) is 5.77. The van der Waals surface area contributed by atoms with Gasteiger partial charge in [-0.15, -0.1) is 0 Å². The van der Waals surface area contributed by atoms with Crippen molar-refractivity contribution in [2.45, 2.75) is 38.8 Å². The smallest absolute Gasteiger partial charge is 0.0400 e. The Hall–Kier alpha value is -0.540. The SMILES string of the molecule is CC(C)(C)NC1CCNc2cccc(Br)c21. The fraction of sp³-hybridized carbons (Fsp3) is 0.538. The Morgan fingerprint density at radius 1 is 1.38 bits per heavy atom. The van der Waals surface area contributed by atoms with E-state index in [4.69, 9.17) is 0 Å². The Kier molecular flexibility index (Phi) is 3.27. The number of halogens is 1. The van der Waals surface area contributed by atoms with E-state index in [1.807, 2.05) is 0 Å². The normalized spacial score (nSPS) is 20.1. The third-order valence-electron chi connectivity index (χ3n) is 2.76. The molecule has 1 aromatic carbocycles. The highest BCUT2D eigenvalue weighted by atomic mass is 79.9. The van der Waals surface area contributed by atoms with Gasteiger partial charge in [0.15, 0.2) is 0 Å². The number of hydrogen-bond acceptors (Lipinski definition) is 2. The predicted molar refractivity (Wildman–Crippen MR) is 72.9 cm³/mol. The minimum absolute atomic E-state index is 0.147. The lowest BCUT2D eigenvalue weighted by atomic mass is 9.95. The molecule has 0 radical (unpaired) electrons. The topological polar surface area (TPSA) is 24.1 Å².